The van der Waals surface area contributed by atoms with Crippen molar-refractivity contribution in [2.45, 2.75) is 51.5 Å². The van der Waals surface area contributed by atoms with Crippen LogP contribution in [-0.2, 0) is 5.41 Å². The zero-order valence-corrected chi connectivity index (χ0v) is 11.3. The molecule has 1 amide bonds. The number of nitrogens with zero attached hydrogens (tertiary/aromatic N) is 2. The maximum atomic E-state index is 12.4. The first-order valence-corrected chi connectivity index (χ1v) is 6.73. The van der Waals surface area contributed by atoms with Crippen molar-refractivity contribution >= 4 is 5.91 Å². The fourth-order valence-electron chi connectivity index (χ4n) is 3.05. The highest BCUT2D eigenvalue weighted by Gasteiger charge is 2.41. The highest BCUT2D eigenvalue weighted by atomic mass is 16.5. The molecule has 1 saturated heterocycles. The van der Waals surface area contributed by atoms with Gasteiger partial charge in [0.2, 0.25) is 0 Å². The molecule has 0 N–H and O–H groups in total. The minimum atomic E-state index is -0.102. The van der Waals surface area contributed by atoms with Crippen molar-refractivity contribution in [2.24, 2.45) is 5.92 Å². The van der Waals surface area contributed by atoms with Crippen LogP contribution in [0.2, 0.25) is 0 Å². The van der Waals surface area contributed by atoms with E-state index >= 15 is 0 Å². The van der Waals surface area contributed by atoms with Gasteiger partial charge in [0.1, 0.15) is 5.76 Å². The number of aromatic nitrogens is 1. The molecule has 1 aromatic rings. The molecule has 1 saturated carbocycles. The topological polar surface area (TPSA) is 46.3 Å². The van der Waals surface area contributed by atoms with E-state index in [0.29, 0.717) is 17.7 Å². The largest absolute Gasteiger partial charge is 0.360 e. The summed E-state index contributed by atoms with van der Waals surface area (Å²) < 4.78 is 5.29. The van der Waals surface area contributed by atoms with Crippen LogP contribution in [0.15, 0.2) is 10.6 Å². The summed E-state index contributed by atoms with van der Waals surface area (Å²) in [5.41, 5.74) is 0.364. The summed E-state index contributed by atoms with van der Waals surface area (Å²) in [4.78, 5) is 14.4. The van der Waals surface area contributed by atoms with Crippen molar-refractivity contribution in [2.75, 3.05) is 6.54 Å². The van der Waals surface area contributed by atoms with E-state index in [1.165, 1.54) is 12.8 Å². The van der Waals surface area contributed by atoms with Crippen LogP contribution in [0.4, 0.5) is 0 Å². The summed E-state index contributed by atoms with van der Waals surface area (Å²) in [6, 6.07) is 2.24. The Bertz CT molecular complexity index is 472. The lowest BCUT2D eigenvalue weighted by Crippen LogP contribution is -2.37. The quantitative estimate of drug-likeness (QED) is 0.767. The highest BCUT2D eigenvalue weighted by molar-refractivity contribution is 5.92. The zero-order chi connectivity index (χ0) is 12.9. The van der Waals surface area contributed by atoms with E-state index < -0.39 is 0 Å². The van der Waals surface area contributed by atoms with Crippen molar-refractivity contribution in [3.05, 3.63) is 17.5 Å². The van der Waals surface area contributed by atoms with Gasteiger partial charge in [-0.05, 0) is 25.2 Å². The van der Waals surface area contributed by atoms with Crippen molar-refractivity contribution < 1.29 is 9.32 Å². The van der Waals surface area contributed by atoms with Gasteiger partial charge >= 0.3 is 0 Å². The van der Waals surface area contributed by atoms with E-state index in [4.69, 9.17) is 4.52 Å². The lowest BCUT2D eigenvalue weighted by molar-refractivity contribution is 0.0693. The van der Waals surface area contributed by atoms with Gasteiger partial charge in [-0.25, -0.2) is 0 Å². The van der Waals surface area contributed by atoms with Gasteiger partial charge in [0, 0.05) is 24.1 Å². The Labute approximate surface area is 107 Å². The third-order valence-electron chi connectivity index (χ3n) is 4.14. The normalized spacial score (nSPS) is 26.9. The van der Waals surface area contributed by atoms with Gasteiger partial charge in [-0.1, -0.05) is 25.9 Å². The van der Waals surface area contributed by atoms with Crippen LogP contribution < -0.4 is 0 Å². The molecule has 2 aliphatic rings. The molecule has 1 aliphatic carbocycles. The maximum Gasteiger partial charge on any atom is 0.276 e. The molecule has 98 valence electrons. The number of hydrogen-bond acceptors (Lipinski definition) is 3. The lowest BCUT2D eigenvalue weighted by atomic mass is 9.93. The van der Waals surface area contributed by atoms with Crippen molar-refractivity contribution in [3.63, 3.8) is 0 Å². The van der Waals surface area contributed by atoms with E-state index in [1.807, 2.05) is 4.90 Å². The summed E-state index contributed by atoms with van der Waals surface area (Å²) in [6.45, 7) is 7.07. The van der Waals surface area contributed by atoms with Crippen LogP contribution in [0.1, 0.15) is 56.3 Å². The van der Waals surface area contributed by atoms with Crippen LogP contribution in [0.5, 0.6) is 0 Å². The minimum Gasteiger partial charge on any atom is -0.360 e. The average molecular weight is 248 g/mol. The fourth-order valence-corrected chi connectivity index (χ4v) is 3.05. The van der Waals surface area contributed by atoms with Crippen LogP contribution in [0, 0.1) is 5.92 Å². The van der Waals surface area contributed by atoms with Gasteiger partial charge in [-0.2, -0.15) is 0 Å². The Kier molecular flexibility index (Phi) is 2.50. The average Bonchev–Trinajstić information content (AvgIpc) is 3.02. The predicted molar refractivity (Wildman–Crippen MR) is 67.4 cm³/mol. The predicted octanol–water partition coefficient (Wildman–Crippen LogP) is 2.60. The third-order valence-corrected chi connectivity index (χ3v) is 4.14. The van der Waals surface area contributed by atoms with Gasteiger partial charge < -0.3 is 9.42 Å². The van der Waals surface area contributed by atoms with Crippen molar-refractivity contribution in [1.82, 2.24) is 10.1 Å². The van der Waals surface area contributed by atoms with E-state index in [1.54, 1.807) is 6.07 Å². The third kappa shape index (κ3) is 1.84. The monoisotopic (exact) mass is 248 g/mol. The Morgan fingerprint density at radius 2 is 2.22 bits per heavy atom. The second-order valence-electron chi connectivity index (χ2n) is 6.62. The molecule has 1 aliphatic heterocycles. The standard InChI is InChI=1S/C14H20N2O2/c1-14(2,3)12-7-11(15-18-12)13(17)16-8-9-4-5-10(16)6-9/h7,9-10H,4-6,8H2,1-3H3. The van der Waals surface area contributed by atoms with Gasteiger partial charge in [0.05, 0.1) is 0 Å². The van der Waals surface area contributed by atoms with Crippen LogP contribution in [-0.4, -0.2) is 28.6 Å². The SMILES string of the molecule is CC(C)(C)c1cc(C(=O)N2CC3CCC2C3)no1. The molecule has 2 atom stereocenters. The van der Waals surface area contributed by atoms with Gasteiger partial charge in [0.25, 0.3) is 5.91 Å². The number of likely N-dealkylation sites (tertiary alicyclic amines) is 1. The summed E-state index contributed by atoms with van der Waals surface area (Å²) in [5, 5.41) is 3.94. The fraction of sp³-hybridized carbons (Fsp3) is 0.714. The Balaban J connectivity index is 1.79. The molecule has 2 heterocycles. The molecular formula is C14H20N2O2. The number of carbonyl (C=O) groups is 1. The van der Waals surface area contributed by atoms with E-state index in [2.05, 4.69) is 25.9 Å². The highest BCUT2D eigenvalue weighted by Crippen LogP contribution is 2.38. The number of carbonyl (C=O) groups excluding carboxylic acids is 1. The lowest BCUT2D eigenvalue weighted by Gasteiger charge is -2.25. The Hall–Kier alpha value is -1.32. The molecule has 4 nitrogen and oxygen atoms in total. The van der Waals surface area contributed by atoms with Crippen LogP contribution in [0.3, 0.4) is 0 Å². The summed E-state index contributed by atoms with van der Waals surface area (Å²) in [5.74, 6) is 1.53. The number of fused-ring (bicyclic) bond motifs is 2. The summed E-state index contributed by atoms with van der Waals surface area (Å²) in [6.07, 6.45) is 3.61. The molecule has 2 bridgehead atoms. The van der Waals surface area contributed by atoms with Gasteiger partial charge in [-0.3, -0.25) is 4.79 Å². The van der Waals surface area contributed by atoms with Crippen LogP contribution >= 0.6 is 0 Å². The molecule has 4 heteroatoms. The molecule has 3 rings (SSSR count). The summed E-state index contributed by atoms with van der Waals surface area (Å²) >= 11 is 0. The summed E-state index contributed by atoms with van der Waals surface area (Å²) in [7, 11) is 0. The van der Waals surface area contributed by atoms with Crippen molar-refractivity contribution in [3.8, 4) is 0 Å². The molecule has 18 heavy (non-hydrogen) atoms. The molecule has 0 aromatic carbocycles. The smallest absolute Gasteiger partial charge is 0.276 e. The minimum absolute atomic E-state index is 0.0430. The number of piperidine rings is 1. The van der Waals surface area contributed by atoms with E-state index in [9.17, 15) is 4.79 Å². The first-order valence-electron chi connectivity index (χ1n) is 6.73. The molecule has 2 fully saturated rings. The van der Waals surface area contributed by atoms with Gasteiger partial charge in [0.15, 0.2) is 5.69 Å². The number of hydrogen-bond donors (Lipinski definition) is 0. The zero-order valence-electron chi connectivity index (χ0n) is 11.3. The van der Waals surface area contributed by atoms with Crippen molar-refractivity contribution in [1.29, 1.82) is 0 Å². The first kappa shape index (κ1) is 11.8. The van der Waals surface area contributed by atoms with E-state index in [-0.39, 0.29) is 11.3 Å². The Morgan fingerprint density at radius 1 is 1.44 bits per heavy atom. The number of amides is 1. The molecular weight excluding hydrogens is 228 g/mol. The second kappa shape index (κ2) is 3.84. The van der Waals surface area contributed by atoms with Gasteiger partial charge in [-0.15, -0.1) is 0 Å². The number of rotatable bonds is 1. The molecule has 1 aromatic heterocycles. The Morgan fingerprint density at radius 3 is 2.72 bits per heavy atom. The van der Waals surface area contributed by atoms with E-state index in [0.717, 1.165) is 18.7 Å². The molecule has 0 spiro atoms. The molecule has 2 unspecified atom stereocenters. The van der Waals surface area contributed by atoms with Crippen LogP contribution in [0.25, 0.3) is 0 Å². The molecule has 0 radical (unpaired) electrons. The second-order valence-corrected chi connectivity index (χ2v) is 6.62. The first-order chi connectivity index (χ1) is 8.45. The maximum absolute atomic E-state index is 12.4.